The summed E-state index contributed by atoms with van der Waals surface area (Å²) in [5.74, 6) is 0.166. The smallest absolute Gasteiger partial charge is 0.274 e. The summed E-state index contributed by atoms with van der Waals surface area (Å²) in [7, 11) is 0. The van der Waals surface area contributed by atoms with Gasteiger partial charge in [-0.3, -0.25) is 4.79 Å². The number of rotatable bonds is 7. The van der Waals surface area contributed by atoms with Crippen LogP contribution in [0.5, 0.6) is 0 Å². The molecule has 4 aromatic rings. The van der Waals surface area contributed by atoms with Gasteiger partial charge in [-0.25, -0.2) is 14.6 Å². The van der Waals surface area contributed by atoms with E-state index in [1.165, 1.54) is 11.8 Å². The molecule has 2 aromatic carbocycles. The van der Waals surface area contributed by atoms with Gasteiger partial charge in [0.2, 0.25) is 0 Å². The molecule has 0 aliphatic carbocycles. The monoisotopic (exact) mass is 494 g/mol. The second kappa shape index (κ2) is 9.84. The van der Waals surface area contributed by atoms with Crippen molar-refractivity contribution in [2.45, 2.75) is 23.9 Å². The normalized spacial score (nSPS) is 11.8. The van der Waals surface area contributed by atoms with E-state index in [9.17, 15) is 4.79 Å². The molecule has 1 N–H and O–H groups in total. The number of benzene rings is 2. The molecule has 2 heterocycles. The van der Waals surface area contributed by atoms with Crippen LogP contribution in [0, 0.1) is 0 Å². The molecule has 0 fully saturated rings. The summed E-state index contributed by atoms with van der Waals surface area (Å²) in [6, 6.07) is 19.1. The Hall–Kier alpha value is -3.04. The van der Waals surface area contributed by atoms with Gasteiger partial charge in [-0.05, 0) is 42.8 Å². The minimum absolute atomic E-state index is 0.163. The van der Waals surface area contributed by atoms with Gasteiger partial charge in [0, 0.05) is 22.6 Å². The van der Waals surface area contributed by atoms with Gasteiger partial charge >= 0.3 is 0 Å². The van der Waals surface area contributed by atoms with Gasteiger partial charge < -0.3 is 5.32 Å². The maximum atomic E-state index is 13.1. The summed E-state index contributed by atoms with van der Waals surface area (Å²) in [5.41, 5.74) is 2.80. The van der Waals surface area contributed by atoms with E-state index in [4.69, 9.17) is 0 Å². The number of hydrogen-bond donors (Lipinski definition) is 1. The zero-order valence-electron chi connectivity index (χ0n) is 16.6. The third-order valence-electron chi connectivity index (χ3n) is 4.58. The first kappa shape index (κ1) is 21.2. The van der Waals surface area contributed by atoms with E-state index in [1.807, 2.05) is 61.5 Å². The van der Waals surface area contributed by atoms with Gasteiger partial charge in [0.25, 0.3) is 5.91 Å². The molecule has 0 saturated heterocycles. The van der Waals surface area contributed by atoms with Crippen LogP contribution in [-0.2, 0) is 5.75 Å². The first-order valence-corrected chi connectivity index (χ1v) is 11.4. The largest absolute Gasteiger partial charge is 0.344 e. The molecule has 2 aromatic heterocycles. The van der Waals surface area contributed by atoms with Crippen molar-refractivity contribution in [3.63, 3.8) is 0 Å². The molecular formula is C22H19BrN6OS. The van der Waals surface area contributed by atoms with Crippen LogP contribution in [0.4, 0.5) is 0 Å². The first-order valence-electron chi connectivity index (χ1n) is 9.58. The maximum Gasteiger partial charge on any atom is 0.274 e. The van der Waals surface area contributed by atoms with E-state index in [0.717, 1.165) is 15.7 Å². The van der Waals surface area contributed by atoms with Crippen molar-refractivity contribution in [3.05, 3.63) is 94.5 Å². The first-order chi connectivity index (χ1) is 15.1. The number of aromatic nitrogens is 5. The lowest BCUT2D eigenvalue weighted by molar-refractivity contribution is 0.0934. The second-order valence-corrected chi connectivity index (χ2v) is 8.56. The van der Waals surface area contributed by atoms with E-state index in [0.29, 0.717) is 16.6 Å². The number of halogens is 1. The Morgan fingerprint density at radius 3 is 2.48 bits per heavy atom. The second-order valence-electron chi connectivity index (χ2n) is 6.70. The highest BCUT2D eigenvalue weighted by Crippen LogP contribution is 2.24. The Morgan fingerprint density at radius 1 is 1.06 bits per heavy atom. The lowest BCUT2D eigenvalue weighted by Gasteiger charge is -2.14. The fourth-order valence-electron chi connectivity index (χ4n) is 2.98. The van der Waals surface area contributed by atoms with Gasteiger partial charge in [0.05, 0.1) is 17.4 Å². The van der Waals surface area contributed by atoms with Crippen molar-refractivity contribution in [1.82, 2.24) is 30.3 Å². The number of amides is 1. The molecular weight excluding hydrogens is 476 g/mol. The molecule has 4 rings (SSSR count). The standard InChI is InChI=1S/C22H19BrN6OS/c1-15(16-6-3-2-4-7-16)26-21(30)20-19(14-31-22-24-12-5-13-25-22)29(28-27-20)18-10-8-17(23)9-11-18/h2-13,15H,14H2,1H3,(H,26,30). The van der Waals surface area contributed by atoms with Crippen LogP contribution >= 0.6 is 27.7 Å². The minimum Gasteiger partial charge on any atom is -0.344 e. The molecule has 1 atom stereocenters. The van der Waals surface area contributed by atoms with Gasteiger partial charge in [0.1, 0.15) is 0 Å². The van der Waals surface area contributed by atoms with Crippen molar-refractivity contribution in [3.8, 4) is 5.69 Å². The molecule has 9 heteroatoms. The quantitative estimate of drug-likeness (QED) is 0.298. The third kappa shape index (κ3) is 5.18. The Morgan fingerprint density at radius 2 is 1.77 bits per heavy atom. The molecule has 0 spiro atoms. The lowest BCUT2D eigenvalue weighted by atomic mass is 10.1. The van der Waals surface area contributed by atoms with Gasteiger partial charge in [-0.2, -0.15) is 0 Å². The van der Waals surface area contributed by atoms with Crippen LogP contribution in [0.15, 0.2) is 82.7 Å². The van der Waals surface area contributed by atoms with E-state index in [2.05, 4.69) is 41.5 Å². The number of nitrogens with zero attached hydrogens (tertiary/aromatic N) is 5. The zero-order chi connectivity index (χ0) is 21.6. The SMILES string of the molecule is CC(NC(=O)c1nnn(-c2ccc(Br)cc2)c1CSc1ncccn1)c1ccccc1. The number of carbonyl (C=O) groups excluding carboxylic acids is 1. The summed E-state index contributed by atoms with van der Waals surface area (Å²) >= 11 is 4.87. The molecule has 0 aliphatic rings. The Labute approximate surface area is 192 Å². The number of thioether (sulfide) groups is 1. The molecule has 1 amide bonds. The van der Waals surface area contributed by atoms with Crippen LogP contribution < -0.4 is 5.32 Å². The summed E-state index contributed by atoms with van der Waals surface area (Å²) < 4.78 is 2.64. The zero-order valence-corrected chi connectivity index (χ0v) is 19.0. The Kier molecular flexibility index (Phi) is 6.73. The van der Waals surface area contributed by atoms with Crippen LogP contribution in [0.1, 0.15) is 34.7 Å². The highest BCUT2D eigenvalue weighted by atomic mass is 79.9. The van der Waals surface area contributed by atoms with Gasteiger partial charge in [0.15, 0.2) is 10.9 Å². The lowest BCUT2D eigenvalue weighted by Crippen LogP contribution is -2.28. The summed E-state index contributed by atoms with van der Waals surface area (Å²) in [5, 5.41) is 12.1. The highest BCUT2D eigenvalue weighted by molar-refractivity contribution is 9.10. The van der Waals surface area contributed by atoms with Crippen molar-refractivity contribution in [1.29, 1.82) is 0 Å². The molecule has 0 bridgehead atoms. The highest BCUT2D eigenvalue weighted by Gasteiger charge is 2.22. The molecule has 1 unspecified atom stereocenters. The molecule has 0 radical (unpaired) electrons. The summed E-state index contributed by atoms with van der Waals surface area (Å²) in [4.78, 5) is 21.6. The molecule has 156 valence electrons. The summed E-state index contributed by atoms with van der Waals surface area (Å²) in [6.45, 7) is 1.94. The van der Waals surface area contributed by atoms with Crippen molar-refractivity contribution in [2.75, 3.05) is 0 Å². The average molecular weight is 495 g/mol. The van der Waals surface area contributed by atoms with Crippen LogP contribution in [0.2, 0.25) is 0 Å². The Bertz CT molecular complexity index is 1150. The van der Waals surface area contributed by atoms with Crippen molar-refractivity contribution >= 4 is 33.6 Å². The maximum absolute atomic E-state index is 13.1. The van der Waals surface area contributed by atoms with Crippen LogP contribution in [-0.4, -0.2) is 30.9 Å². The number of nitrogens with one attached hydrogen (secondary N) is 1. The van der Waals surface area contributed by atoms with Crippen molar-refractivity contribution < 1.29 is 4.79 Å². The van der Waals surface area contributed by atoms with Gasteiger partial charge in [-0.15, -0.1) is 5.10 Å². The van der Waals surface area contributed by atoms with E-state index < -0.39 is 0 Å². The Balaban J connectivity index is 1.62. The van der Waals surface area contributed by atoms with Gasteiger partial charge in [-0.1, -0.05) is 63.2 Å². The van der Waals surface area contributed by atoms with E-state index >= 15 is 0 Å². The third-order valence-corrected chi connectivity index (χ3v) is 5.99. The van der Waals surface area contributed by atoms with E-state index in [1.54, 1.807) is 23.1 Å². The molecule has 0 saturated carbocycles. The average Bonchev–Trinajstić information content (AvgIpc) is 3.23. The fraction of sp³-hybridized carbons (Fsp3) is 0.136. The number of hydrogen-bond acceptors (Lipinski definition) is 6. The molecule has 31 heavy (non-hydrogen) atoms. The molecule has 0 aliphatic heterocycles. The van der Waals surface area contributed by atoms with Crippen LogP contribution in [0.25, 0.3) is 5.69 Å². The fourth-order valence-corrected chi connectivity index (χ4v) is 4.04. The molecule has 7 nitrogen and oxygen atoms in total. The topological polar surface area (TPSA) is 85.6 Å². The minimum atomic E-state index is -0.274. The predicted octanol–water partition coefficient (Wildman–Crippen LogP) is 4.60. The van der Waals surface area contributed by atoms with Crippen molar-refractivity contribution in [2.24, 2.45) is 0 Å². The predicted molar refractivity (Wildman–Crippen MR) is 123 cm³/mol. The summed E-state index contributed by atoms with van der Waals surface area (Å²) in [6.07, 6.45) is 3.38. The van der Waals surface area contributed by atoms with Crippen LogP contribution in [0.3, 0.4) is 0 Å². The van der Waals surface area contributed by atoms with E-state index in [-0.39, 0.29) is 17.6 Å². The number of carbonyl (C=O) groups is 1.